The highest BCUT2D eigenvalue weighted by atomic mass is 79.9. The number of halogens is 2. The van der Waals surface area contributed by atoms with Gasteiger partial charge in [0.1, 0.15) is 5.82 Å². The van der Waals surface area contributed by atoms with E-state index in [0.717, 1.165) is 15.6 Å². The topological polar surface area (TPSA) is 26.0 Å². The fraction of sp³-hybridized carbons (Fsp3) is 0.400. The van der Waals surface area contributed by atoms with Crippen LogP contribution < -0.4 is 5.73 Å². The minimum atomic E-state index is -0.168. The lowest BCUT2D eigenvalue weighted by Gasteiger charge is -2.14. The van der Waals surface area contributed by atoms with Crippen LogP contribution in [0.5, 0.6) is 0 Å². The van der Waals surface area contributed by atoms with Gasteiger partial charge in [0.25, 0.3) is 0 Å². The van der Waals surface area contributed by atoms with Gasteiger partial charge in [-0.2, -0.15) is 0 Å². The molecule has 2 N–H and O–H groups in total. The molecule has 0 aliphatic rings. The largest absolute Gasteiger partial charge is 0.330 e. The Morgan fingerprint density at radius 3 is 2.69 bits per heavy atom. The lowest BCUT2D eigenvalue weighted by Crippen LogP contribution is -2.12. The van der Waals surface area contributed by atoms with E-state index in [1.807, 2.05) is 13.8 Å². The molecule has 13 heavy (non-hydrogen) atoms. The fourth-order valence-corrected chi connectivity index (χ4v) is 1.74. The first kappa shape index (κ1) is 10.7. The van der Waals surface area contributed by atoms with Gasteiger partial charge in [0.05, 0.1) is 0 Å². The zero-order valence-electron chi connectivity index (χ0n) is 7.77. The summed E-state index contributed by atoms with van der Waals surface area (Å²) in [7, 11) is 0. The first-order valence-corrected chi connectivity index (χ1v) is 5.01. The van der Waals surface area contributed by atoms with Gasteiger partial charge in [-0.3, -0.25) is 0 Å². The third kappa shape index (κ3) is 2.09. The van der Waals surface area contributed by atoms with E-state index < -0.39 is 0 Å². The van der Waals surface area contributed by atoms with Crippen molar-refractivity contribution in [1.29, 1.82) is 0 Å². The van der Waals surface area contributed by atoms with Crippen LogP contribution in [0.15, 0.2) is 16.6 Å². The van der Waals surface area contributed by atoms with E-state index in [0.29, 0.717) is 6.54 Å². The molecule has 1 unspecified atom stereocenters. The van der Waals surface area contributed by atoms with Gasteiger partial charge >= 0.3 is 0 Å². The molecule has 1 aromatic rings. The van der Waals surface area contributed by atoms with Gasteiger partial charge < -0.3 is 5.73 Å². The van der Waals surface area contributed by atoms with Crippen LogP contribution in [0.1, 0.15) is 24.0 Å². The summed E-state index contributed by atoms with van der Waals surface area (Å²) in [6.45, 7) is 4.29. The Kier molecular flexibility index (Phi) is 3.45. The molecule has 1 atom stereocenters. The van der Waals surface area contributed by atoms with Crippen LogP contribution in [0.25, 0.3) is 0 Å². The smallest absolute Gasteiger partial charge is 0.127 e. The molecule has 0 aliphatic heterocycles. The van der Waals surface area contributed by atoms with Crippen LogP contribution in [-0.4, -0.2) is 6.54 Å². The van der Waals surface area contributed by atoms with E-state index in [4.69, 9.17) is 5.73 Å². The van der Waals surface area contributed by atoms with Gasteiger partial charge in [0.15, 0.2) is 0 Å². The molecule has 72 valence electrons. The number of nitrogens with two attached hydrogens (primary N) is 1. The summed E-state index contributed by atoms with van der Waals surface area (Å²) in [4.78, 5) is 0. The Labute approximate surface area is 86.3 Å². The molecule has 3 heteroatoms. The normalized spacial score (nSPS) is 13.0. The minimum absolute atomic E-state index is 0.0671. The Balaban J connectivity index is 3.25. The standard InChI is InChI=1S/C10H13BrFN/c1-6(5-13)10-7(2)8(11)3-4-9(10)12/h3-4,6H,5,13H2,1-2H3. The van der Waals surface area contributed by atoms with E-state index in [1.54, 1.807) is 6.07 Å². The molecule has 0 amide bonds. The monoisotopic (exact) mass is 245 g/mol. The van der Waals surface area contributed by atoms with Gasteiger partial charge in [-0.1, -0.05) is 22.9 Å². The predicted octanol–water partition coefficient (Wildman–Crippen LogP) is 2.96. The zero-order valence-corrected chi connectivity index (χ0v) is 9.36. The maximum absolute atomic E-state index is 13.4. The third-order valence-corrected chi connectivity index (χ3v) is 3.10. The molecule has 0 fully saturated rings. The van der Waals surface area contributed by atoms with Gasteiger partial charge in [0.2, 0.25) is 0 Å². The molecule has 1 rings (SSSR count). The van der Waals surface area contributed by atoms with Crippen LogP contribution in [0.2, 0.25) is 0 Å². The van der Waals surface area contributed by atoms with Crippen LogP contribution in [-0.2, 0) is 0 Å². The molecule has 0 saturated carbocycles. The molecule has 0 aliphatic carbocycles. The van der Waals surface area contributed by atoms with Gasteiger partial charge in [-0.15, -0.1) is 0 Å². The number of hydrogen-bond acceptors (Lipinski definition) is 1. The summed E-state index contributed by atoms with van der Waals surface area (Å²) in [5.74, 6) is -0.101. The molecule has 0 heterocycles. The van der Waals surface area contributed by atoms with Crippen LogP contribution in [0.4, 0.5) is 4.39 Å². The van der Waals surface area contributed by atoms with Crippen LogP contribution in [0.3, 0.4) is 0 Å². The second-order valence-electron chi connectivity index (χ2n) is 3.20. The maximum Gasteiger partial charge on any atom is 0.127 e. The Hall–Kier alpha value is -0.410. The molecule has 0 aromatic heterocycles. The SMILES string of the molecule is Cc1c(Br)ccc(F)c1C(C)CN. The van der Waals surface area contributed by atoms with Gasteiger partial charge in [-0.05, 0) is 42.6 Å². The molecule has 0 saturated heterocycles. The zero-order chi connectivity index (χ0) is 10.0. The maximum atomic E-state index is 13.4. The summed E-state index contributed by atoms with van der Waals surface area (Å²) in [6, 6.07) is 3.19. The van der Waals surface area contributed by atoms with E-state index >= 15 is 0 Å². The molecular weight excluding hydrogens is 233 g/mol. The molecule has 0 spiro atoms. The van der Waals surface area contributed by atoms with Crippen molar-refractivity contribution in [2.75, 3.05) is 6.54 Å². The van der Waals surface area contributed by atoms with E-state index in [1.165, 1.54) is 6.07 Å². The summed E-state index contributed by atoms with van der Waals surface area (Å²) >= 11 is 3.37. The molecular formula is C10H13BrFN. The average molecular weight is 246 g/mol. The minimum Gasteiger partial charge on any atom is -0.330 e. The first-order valence-electron chi connectivity index (χ1n) is 4.22. The quantitative estimate of drug-likeness (QED) is 0.852. The fourth-order valence-electron chi connectivity index (χ4n) is 1.39. The average Bonchev–Trinajstić information content (AvgIpc) is 2.12. The van der Waals surface area contributed by atoms with Crippen LogP contribution in [0, 0.1) is 12.7 Å². The van der Waals surface area contributed by atoms with Gasteiger partial charge in [0, 0.05) is 4.47 Å². The molecule has 1 aromatic carbocycles. The summed E-state index contributed by atoms with van der Waals surface area (Å²) in [5.41, 5.74) is 7.17. The molecule has 0 radical (unpaired) electrons. The summed E-state index contributed by atoms with van der Waals surface area (Å²) in [5, 5.41) is 0. The lowest BCUT2D eigenvalue weighted by molar-refractivity contribution is 0.587. The van der Waals surface area contributed by atoms with Crippen molar-refractivity contribution < 1.29 is 4.39 Å². The lowest BCUT2D eigenvalue weighted by atomic mass is 9.96. The highest BCUT2D eigenvalue weighted by Gasteiger charge is 2.13. The molecule has 0 bridgehead atoms. The van der Waals surface area contributed by atoms with Crippen molar-refractivity contribution in [2.45, 2.75) is 19.8 Å². The van der Waals surface area contributed by atoms with Crippen molar-refractivity contribution in [2.24, 2.45) is 5.73 Å². The second-order valence-corrected chi connectivity index (χ2v) is 4.06. The first-order chi connectivity index (χ1) is 6.07. The van der Waals surface area contributed by atoms with Crippen molar-refractivity contribution >= 4 is 15.9 Å². The number of hydrogen-bond donors (Lipinski definition) is 1. The van der Waals surface area contributed by atoms with Crippen molar-refractivity contribution in [3.05, 3.63) is 33.5 Å². The second kappa shape index (κ2) is 4.20. The Morgan fingerprint density at radius 2 is 2.15 bits per heavy atom. The highest BCUT2D eigenvalue weighted by Crippen LogP contribution is 2.27. The Bertz CT molecular complexity index is 312. The highest BCUT2D eigenvalue weighted by molar-refractivity contribution is 9.10. The summed E-state index contributed by atoms with van der Waals surface area (Å²) in [6.07, 6.45) is 0. The van der Waals surface area contributed by atoms with Crippen LogP contribution >= 0.6 is 15.9 Å². The number of benzene rings is 1. The predicted molar refractivity (Wildman–Crippen MR) is 56.3 cm³/mol. The van der Waals surface area contributed by atoms with E-state index in [2.05, 4.69) is 15.9 Å². The third-order valence-electron chi connectivity index (χ3n) is 2.24. The van der Waals surface area contributed by atoms with Crippen molar-refractivity contribution in [1.82, 2.24) is 0 Å². The summed E-state index contributed by atoms with van der Waals surface area (Å²) < 4.78 is 14.3. The van der Waals surface area contributed by atoms with E-state index in [9.17, 15) is 4.39 Å². The van der Waals surface area contributed by atoms with Gasteiger partial charge in [-0.25, -0.2) is 4.39 Å². The Morgan fingerprint density at radius 1 is 1.54 bits per heavy atom. The molecule has 1 nitrogen and oxygen atoms in total. The van der Waals surface area contributed by atoms with Crippen molar-refractivity contribution in [3.8, 4) is 0 Å². The van der Waals surface area contributed by atoms with Crippen molar-refractivity contribution in [3.63, 3.8) is 0 Å². The van der Waals surface area contributed by atoms with E-state index in [-0.39, 0.29) is 11.7 Å². The number of rotatable bonds is 2.